The molecule has 8 aromatic carbocycles. The molecule has 0 unspecified atom stereocenters. The van der Waals surface area contributed by atoms with Gasteiger partial charge in [-0.25, -0.2) is 0 Å². The fraction of sp³-hybridized carbons (Fsp3) is 0. The predicted octanol–water partition coefficient (Wildman–Crippen LogP) is 12.4. The average molecular weight is 737 g/mol. The third-order valence-electron chi connectivity index (χ3n) is 11.1. The number of benzene rings is 8. The Labute approximate surface area is 333 Å². The van der Waals surface area contributed by atoms with Crippen LogP contribution < -0.4 is 0 Å². The van der Waals surface area contributed by atoms with E-state index in [1.54, 1.807) is 6.07 Å². The first kappa shape index (κ1) is 33.9. The van der Waals surface area contributed by atoms with Crippen molar-refractivity contribution < 1.29 is 0 Å². The maximum absolute atomic E-state index is 11.5. The summed E-state index contributed by atoms with van der Waals surface area (Å²) in [6, 6.07) is 65.3. The molecule has 10 rings (SSSR count). The van der Waals surface area contributed by atoms with Gasteiger partial charge in [0, 0.05) is 27.1 Å². The van der Waals surface area contributed by atoms with Crippen LogP contribution in [0.25, 0.3) is 88.4 Å². The minimum atomic E-state index is 0.461. The van der Waals surface area contributed by atoms with Gasteiger partial charge < -0.3 is 9.13 Å². The van der Waals surface area contributed by atoms with Crippen LogP contribution in [0.2, 0.25) is 0 Å². The lowest BCUT2D eigenvalue weighted by atomic mass is 9.96. The summed E-state index contributed by atoms with van der Waals surface area (Å²) in [7, 11) is 0. The molecule has 0 saturated heterocycles. The number of nitrogens with zero attached hydrogens (tertiary/aromatic N) is 6. The highest BCUT2D eigenvalue weighted by atomic mass is 15.0. The summed E-state index contributed by atoms with van der Waals surface area (Å²) in [5.41, 5.74) is 12.4. The van der Waals surface area contributed by atoms with Crippen LogP contribution in [-0.2, 0) is 0 Å². The summed E-state index contributed by atoms with van der Waals surface area (Å²) in [6.07, 6.45) is 0. The molecule has 6 nitrogen and oxygen atoms in total. The van der Waals surface area contributed by atoms with E-state index in [1.165, 1.54) is 0 Å². The molecule has 0 N–H and O–H groups in total. The van der Waals surface area contributed by atoms with Gasteiger partial charge in [0.05, 0.1) is 68.3 Å². The van der Waals surface area contributed by atoms with E-state index in [9.17, 15) is 21.0 Å². The number of aromatic nitrogens is 2. The predicted molar refractivity (Wildman–Crippen MR) is 230 cm³/mol. The Hall–Kier alpha value is -8.68. The summed E-state index contributed by atoms with van der Waals surface area (Å²) in [6.45, 7) is 0. The highest BCUT2D eigenvalue weighted by Gasteiger charge is 2.25. The highest BCUT2D eigenvalue weighted by molar-refractivity contribution is 6.13. The van der Waals surface area contributed by atoms with Crippen molar-refractivity contribution in [1.29, 1.82) is 21.0 Å². The fourth-order valence-corrected chi connectivity index (χ4v) is 8.54. The maximum Gasteiger partial charge on any atom is 0.104 e. The monoisotopic (exact) mass is 736 g/mol. The Morgan fingerprint density at radius 3 is 1.45 bits per heavy atom. The largest absolute Gasteiger partial charge is 0.308 e. The smallest absolute Gasteiger partial charge is 0.104 e. The summed E-state index contributed by atoms with van der Waals surface area (Å²) < 4.78 is 4.33. The molecule has 2 heterocycles. The van der Waals surface area contributed by atoms with Crippen LogP contribution in [0.3, 0.4) is 0 Å². The first-order chi connectivity index (χ1) is 28.6. The standard InChI is InChI=1S/C52H28N6/c53-29-33-10-9-13-34(26-33)41-22-25-51(57-47-18-7-5-16-42(47)44-27-35(20-23-49(44)57)39-14-3-1-11-37(39)30-54)46(32-56)52(41)58-48-19-8-6-17-43(48)45-28-36(21-24-50(45)58)40-15-4-2-12-38(40)31-55/h1-28H. The number of fused-ring (bicyclic) bond motifs is 6. The Kier molecular flexibility index (Phi) is 7.92. The van der Waals surface area contributed by atoms with Crippen molar-refractivity contribution in [1.82, 2.24) is 9.13 Å². The van der Waals surface area contributed by atoms with Crippen molar-refractivity contribution in [3.05, 3.63) is 192 Å². The van der Waals surface area contributed by atoms with Crippen LogP contribution in [0.15, 0.2) is 170 Å². The van der Waals surface area contributed by atoms with Crippen molar-refractivity contribution in [3.63, 3.8) is 0 Å². The van der Waals surface area contributed by atoms with Crippen LogP contribution in [0.4, 0.5) is 0 Å². The third kappa shape index (κ3) is 5.16. The minimum Gasteiger partial charge on any atom is -0.308 e. The zero-order chi connectivity index (χ0) is 39.3. The number of para-hydroxylation sites is 2. The second kappa shape index (κ2) is 13.6. The molecule has 0 bridgehead atoms. The van der Waals surface area contributed by atoms with Gasteiger partial charge in [-0.1, -0.05) is 103 Å². The molecular formula is C52H28N6. The van der Waals surface area contributed by atoms with E-state index in [4.69, 9.17) is 0 Å². The first-order valence-electron chi connectivity index (χ1n) is 18.8. The number of rotatable bonds is 5. The van der Waals surface area contributed by atoms with Gasteiger partial charge in [-0.05, 0) is 94.5 Å². The quantitative estimate of drug-likeness (QED) is 0.175. The van der Waals surface area contributed by atoms with Gasteiger partial charge in [0.1, 0.15) is 11.6 Å². The second-order valence-corrected chi connectivity index (χ2v) is 14.1. The van der Waals surface area contributed by atoms with Gasteiger partial charge in [0.25, 0.3) is 0 Å². The number of nitriles is 4. The van der Waals surface area contributed by atoms with E-state index in [-0.39, 0.29) is 0 Å². The van der Waals surface area contributed by atoms with Crippen molar-refractivity contribution in [3.8, 4) is 69.0 Å². The molecule has 0 aliphatic carbocycles. The van der Waals surface area contributed by atoms with Gasteiger partial charge in [-0.3, -0.25) is 0 Å². The lowest BCUT2D eigenvalue weighted by molar-refractivity contribution is 1.12. The first-order valence-corrected chi connectivity index (χ1v) is 18.8. The van der Waals surface area contributed by atoms with Gasteiger partial charge in [-0.2, -0.15) is 21.0 Å². The normalized spacial score (nSPS) is 11.0. The van der Waals surface area contributed by atoms with Crippen LogP contribution in [0, 0.1) is 45.3 Å². The van der Waals surface area contributed by atoms with Crippen molar-refractivity contribution in [2.75, 3.05) is 0 Å². The van der Waals surface area contributed by atoms with E-state index in [2.05, 4.69) is 88.0 Å². The maximum atomic E-state index is 11.5. The van der Waals surface area contributed by atoms with Crippen LogP contribution in [-0.4, -0.2) is 9.13 Å². The molecule has 0 fully saturated rings. The molecule has 0 radical (unpaired) electrons. The van der Waals surface area contributed by atoms with Gasteiger partial charge in [0.2, 0.25) is 0 Å². The summed E-state index contributed by atoms with van der Waals surface area (Å²) in [5.74, 6) is 0. The molecule has 0 aliphatic heterocycles. The highest BCUT2D eigenvalue weighted by Crippen LogP contribution is 2.43. The molecule has 266 valence electrons. The number of hydrogen-bond donors (Lipinski definition) is 0. The van der Waals surface area contributed by atoms with E-state index in [0.29, 0.717) is 33.6 Å². The number of hydrogen-bond acceptors (Lipinski definition) is 4. The third-order valence-corrected chi connectivity index (χ3v) is 11.1. The Balaban J connectivity index is 1.30. The Morgan fingerprint density at radius 1 is 0.345 bits per heavy atom. The molecule has 6 heteroatoms. The Bertz CT molecular complexity index is 3520. The molecule has 10 aromatic rings. The minimum absolute atomic E-state index is 0.461. The topological polar surface area (TPSA) is 105 Å². The molecule has 0 amide bonds. The molecule has 0 aliphatic rings. The van der Waals surface area contributed by atoms with Crippen molar-refractivity contribution >= 4 is 43.6 Å². The van der Waals surface area contributed by atoms with Gasteiger partial charge >= 0.3 is 0 Å². The molecule has 58 heavy (non-hydrogen) atoms. The SMILES string of the molecule is N#Cc1cccc(-c2ccc(-n3c4ccccc4c4cc(-c5ccccc5C#N)ccc43)c(C#N)c2-n2c3ccccc3c3cc(-c4ccccc4C#N)ccc32)c1. The zero-order valence-electron chi connectivity index (χ0n) is 30.8. The fourth-order valence-electron chi connectivity index (χ4n) is 8.54. The van der Waals surface area contributed by atoms with E-state index in [0.717, 1.165) is 77.0 Å². The summed E-state index contributed by atoms with van der Waals surface area (Å²) in [4.78, 5) is 0. The van der Waals surface area contributed by atoms with Gasteiger partial charge in [-0.15, -0.1) is 0 Å². The zero-order valence-corrected chi connectivity index (χ0v) is 30.8. The van der Waals surface area contributed by atoms with E-state index in [1.807, 2.05) is 109 Å². The van der Waals surface area contributed by atoms with Crippen molar-refractivity contribution in [2.24, 2.45) is 0 Å². The van der Waals surface area contributed by atoms with Crippen LogP contribution in [0.5, 0.6) is 0 Å². The lowest BCUT2D eigenvalue weighted by Gasteiger charge is -2.20. The average Bonchev–Trinajstić information content (AvgIpc) is 3.80. The van der Waals surface area contributed by atoms with E-state index >= 15 is 0 Å². The molecule has 0 atom stereocenters. The molecule has 0 spiro atoms. The summed E-state index contributed by atoms with van der Waals surface area (Å²) in [5, 5.41) is 45.3. The Morgan fingerprint density at radius 2 is 0.862 bits per heavy atom. The van der Waals surface area contributed by atoms with E-state index < -0.39 is 0 Å². The lowest BCUT2D eigenvalue weighted by Crippen LogP contribution is -2.06. The van der Waals surface area contributed by atoms with Crippen LogP contribution in [0.1, 0.15) is 22.3 Å². The summed E-state index contributed by atoms with van der Waals surface area (Å²) >= 11 is 0. The van der Waals surface area contributed by atoms with Crippen molar-refractivity contribution in [2.45, 2.75) is 0 Å². The van der Waals surface area contributed by atoms with Crippen LogP contribution >= 0.6 is 0 Å². The van der Waals surface area contributed by atoms with Gasteiger partial charge in [0.15, 0.2) is 0 Å². The molecule has 2 aromatic heterocycles. The molecule has 0 saturated carbocycles. The molecular weight excluding hydrogens is 709 g/mol. The second-order valence-electron chi connectivity index (χ2n) is 14.1.